The maximum absolute atomic E-state index is 6.29. The molecule has 1 aliphatic carbocycles. The molecule has 3 N–H and O–H groups in total. The van der Waals surface area contributed by atoms with E-state index in [-0.39, 0.29) is 12.1 Å². The summed E-state index contributed by atoms with van der Waals surface area (Å²) in [6, 6.07) is 16.9. The van der Waals surface area contributed by atoms with E-state index in [4.69, 9.17) is 5.73 Å². The standard InChI is InChI=1S/C16H15N3S/c17-12-9-10-5-1-2-6-11(10)15(12)19-16-18-13-7-3-4-8-14(13)20-16/h1-8,12,15H,9,17H2,(H,18,19). The van der Waals surface area contributed by atoms with Crippen molar-refractivity contribution >= 4 is 26.7 Å². The van der Waals surface area contributed by atoms with E-state index < -0.39 is 0 Å². The van der Waals surface area contributed by atoms with E-state index in [0.29, 0.717) is 0 Å². The van der Waals surface area contributed by atoms with Crippen molar-refractivity contribution in [1.29, 1.82) is 0 Å². The molecule has 0 saturated carbocycles. The molecular formula is C16H15N3S. The minimum Gasteiger partial charge on any atom is -0.353 e. The molecule has 2 aromatic carbocycles. The molecule has 0 spiro atoms. The Labute approximate surface area is 121 Å². The lowest BCUT2D eigenvalue weighted by molar-refractivity contribution is 0.625. The Morgan fingerprint density at radius 3 is 2.80 bits per heavy atom. The van der Waals surface area contributed by atoms with Crippen LogP contribution in [0, 0.1) is 0 Å². The molecule has 0 saturated heterocycles. The lowest BCUT2D eigenvalue weighted by atomic mass is 10.1. The predicted octanol–water partition coefficient (Wildman–Crippen LogP) is 3.33. The Hall–Kier alpha value is -1.91. The van der Waals surface area contributed by atoms with Crippen LogP contribution in [0.25, 0.3) is 10.2 Å². The first kappa shape index (κ1) is 11.9. The summed E-state index contributed by atoms with van der Waals surface area (Å²) in [5.74, 6) is 0. The number of aromatic nitrogens is 1. The Balaban J connectivity index is 1.68. The largest absolute Gasteiger partial charge is 0.353 e. The minimum atomic E-state index is 0.111. The van der Waals surface area contributed by atoms with E-state index in [9.17, 15) is 0 Å². The number of benzene rings is 2. The fourth-order valence-electron chi connectivity index (χ4n) is 2.88. The molecule has 0 radical (unpaired) electrons. The maximum Gasteiger partial charge on any atom is 0.184 e. The van der Waals surface area contributed by atoms with Crippen LogP contribution in [0.2, 0.25) is 0 Å². The zero-order valence-electron chi connectivity index (χ0n) is 10.9. The van der Waals surface area contributed by atoms with Crippen LogP contribution in [0.15, 0.2) is 48.5 Å². The molecule has 3 aromatic rings. The van der Waals surface area contributed by atoms with Gasteiger partial charge in [-0.25, -0.2) is 4.98 Å². The van der Waals surface area contributed by atoms with E-state index in [1.54, 1.807) is 11.3 Å². The highest BCUT2D eigenvalue weighted by molar-refractivity contribution is 7.22. The summed E-state index contributed by atoms with van der Waals surface area (Å²) in [7, 11) is 0. The van der Waals surface area contributed by atoms with E-state index >= 15 is 0 Å². The molecule has 0 amide bonds. The van der Waals surface area contributed by atoms with Crippen LogP contribution in [0.5, 0.6) is 0 Å². The van der Waals surface area contributed by atoms with Gasteiger partial charge in [0.2, 0.25) is 0 Å². The SMILES string of the molecule is NC1Cc2ccccc2C1Nc1nc2ccccc2s1. The normalized spacial score (nSPS) is 21.1. The monoisotopic (exact) mass is 281 g/mol. The van der Waals surface area contributed by atoms with Crippen LogP contribution in [0.3, 0.4) is 0 Å². The molecule has 1 heterocycles. The number of hydrogen-bond acceptors (Lipinski definition) is 4. The molecule has 3 nitrogen and oxygen atoms in total. The van der Waals surface area contributed by atoms with Gasteiger partial charge in [0.1, 0.15) is 0 Å². The molecule has 0 bridgehead atoms. The lowest BCUT2D eigenvalue weighted by Crippen LogP contribution is -2.29. The van der Waals surface area contributed by atoms with Crippen LogP contribution in [-0.2, 0) is 6.42 Å². The van der Waals surface area contributed by atoms with Crippen molar-refractivity contribution < 1.29 is 0 Å². The number of para-hydroxylation sites is 1. The Bertz CT molecular complexity index is 732. The van der Waals surface area contributed by atoms with E-state index in [2.05, 4.69) is 40.6 Å². The maximum atomic E-state index is 6.29. The Kier molecular flexibility index (Phi) is 2.72. The molecule has 4 rings (SSSR count). The van der Waals surface area contributed by atoms with Crippen molar-refractivity contribution in [2.24, 2.45) is 5.73 Å². The second kappa shape index (κ2) is 4.58. The first-order valence-electron chi connectivity index (χ1n) is 6.77. The van der Waals surface area contributed by atoms with Gasteiger partial charge < -0.3 is 11.1 Å². The molecule has 4 heteroatoms. The van der Waals surface area contributed by atoms with Crippen molar-refractivity contribution in [3.8, 4) is 0 Å². The fourth-order valence-corrected chi connectivity index (χ4v) is 3.78. The Morgan fingerprint density at radius 2 is 1.90 bits per heavy atom. The van der Waals surface area contributed by atoms with Gasteiger partial charge in [-0.3, -0.25) is 0 Å². The smallest absolute Gasteiger partial charge is 0.184 e. The van der Waals surface area contributed by atoms with Crippen molar-refractivity contribution in [1.82, 2.24) is 4.98 Å². The number of nitrogens with zero attached hydrogens (tertiary/aromatic N) is 1. The molecule has 1 aromatic heterocycles. The molecular weight excluding hydrogens is 266 g/mol. The van der Waals surface area contributed by atoms with E-state index in [0.717, 1.165) is 17.1 Å². The zero-order chi connectivity index (χ0) is 13.5. The summed E-state index contributed by atoms with van der Waals surface area (Å²) < 4.78 is 1.20. The average Bonchev–Trinajstić information content (AvgIpc) is 3.00. The summed E-state index contributed by atoms with van der Waals surface area (Å²) in [4.78, 5) is 4.64. The second-order valence-corrected chi connectivity index (χ2v) is 6.21. The third kappa shape index (κ3) is 1.88. The van der Waals surface area contributed by atoms with Gasteiger partial charge in [-0.05, 0) is 29.7 Å². The van der Waals surface area contributed by atoms with Crippen molar-refractivity contribution in [2.45, 2.75) is 18.5 Å². The van der Waals surface area contributed by atoms with Crippen LogP contribution < -0.4 is 11.1 Å². The van der Waals surface area contributed by atoms with Gasteiger partial charge in [-0.15, -0.1) is 0 Å². The highest BCUT2D eigenvalue weighted by atomic mass is 32.1. The summed E-state index contributed by atoms with van der Waals surface area (Å²) in [6.45, 7) is 0. The first-order chi connectivity index (χ1) is 9.81. The van der Waals surface area contributed by atoms with Gasteiger partial charge in [-0.1, -0.05) is 47.7 Å². The summed E-state index contributed by atoms with van der Waals surface area (Å²) in [6.07, 6.45) is 0.929. The lowest BCUT2D eigenvalue weighted by Gasteiger charge is -2.17. The van der Waals surface area contributed by atoms with Gasteiger partial charge in [0.25, 0.3) is 0 Å². The molecule has 2 unspecified atom stereocenters. The van der Waals surface area contributed by atoms with Crippen LogP contribution in [0.4, 0.5) is 5.13 Å². The molecule has 1 aliphatic rings. The molecule has 2 atom stereocenters. The van der Waals surface area contributed by atoms with Gasteiger partial charge in [-0.2, -0.15) is 0 Å². The number of rotatable bonds is 2. The highest BCUT2D eigenvalue weighted by Crippen LogP contribution is 2.35. The van der Waals surface area contributed by atoms with Crippen LogP contribution >= 0.6 is 11.3 Å². The highest BCUT2D eigenvalue weighted by Gasteiger charge is 2.29. The predicted molar refractivity (Wildman–Crippen MR) is 84.1 cm³/mol. The molecule has 20 heavy (non-hydrogen) atoms. The minimum absolute atomic E-state index is 0.111. The quantitative estimate of drug-likeness (QED) is 0.757. The third-order valence-electron chi connectivity index (χ3n) is 3.85. The average molecular weight is 281 g/mol. The molecule has 0 fully saturated rings. The second-order valence-electron chi connectivity index (χ2n) is 5.18. The van der Waals surface area contributed by atoms with Gasteiger partial charge in [0.05, 0.1) is 16.3 Å². The number of hydrogen-bond donors (Lipinski definition) is 2. The van der Waals surface area contributed by atoms with E-state index in [1.807, 2.05) is 18.2 Å². The number of nitrogens with two attached hydrogens (primary N) is 1. The van der Waals surface area contributed by atoms with Crippen molar-refractivity contribution in [3.63, 3.8) is 0 Å². The molecule has 0 aliphatic heterocycles. The number of anilines is 1. The number of thiazole rings is 1. The molecule has 100 valence electrons. The summed E-state index contributed by atoms with van der Waals surface area (Å²) in [5.41, 5.74) is 9.98. The van der Waals surface area contributed by atoms with E-state index in [1.165, 1.54) is 15.8 Å². The topological polar surface area (TPSA) is 50.9 Å². The number of nitrogens with one attached hydrogen (secondary N) is 1. The Morgan fingerprint density at radius 1 is 1.10 bits per heavy atom. The van der Waals surface area contributed by atoms with Gasteiger partial charge >= 0.3 is 0 Å². The third-order valence-corrected chi connectivity index (χ3v) is 4.81. The van der Waals surface area contributed by atoms with Crippen molar-refractivity contribution in [3.05, 3.63) is 59.7 Å². The zero-order valence-corrected chi connectivity index (χ0v) is 11.7. The summed E-state index contributed by atoms with van der Waals surface area (Å²) >= 11 is 1.68. The van der Waals surface area contributed by atoms with Gasteiger partial charge in [0, 0.05) is 6.04 Å². The van der Waals surface area contributed by atoms with Gasteiger partial charge in [0.15, 0.2) is 5.13 Å². The van der Waals surface area contributed by atoms with Crippen LogP contribution in [0.1, 0.15) is 17.2 Å². The fraction of sp³-hybridized carbons (Fsp3) is 0.188. The van der Waals surface area contributed by atoms with Crippen LogP contribution in [-0.4, -0.2) is 11.0 Å². The summed E-state index contributed by atoms with van der Waals surface area (Å²) in [5, 5.41) is 4.47. The van der Waals surface area contributed by atoms with Crippen molar-refractivity contribution in [2.75, 3.05) is 5.32 Å². The first-order valence-corrected chi connectivity index (χ1v) is 7.58. The number of fused-ring (bicyclic) bond motifs is 2.